The van der Waals surface area contributed by atoms with Gasteiger partial charge in [0, 0.05) is 70.3 Å². The summed E-state index contributed by atoms with van der Waals surface area (Å²) in [7, 11) is 0. The summed E-state index contributed by atoms with van der Waals surface area (Å²) in [5.41, 5.74) is -5.53. The van der Waals surface area contributed by atoms with E-state index in [0.29, 0.717) is 0 Å². The van der Waals surface area contributed by atoms with E-state index in [0.717, 1.165) is 34.6 Å². The molecule has 0 saturated heterocycles. The molecule has 306 valence electrons. The van der Waals surface area contributed by atoms with Gasteiger partial charge in [0.1, 0.15) is 6.61 Å². The molecule has 1 saturated carbocycles. The lowest BCUT2D eigenvalue weighted by Crippen LogP contribution is -2.54. The lowest BCUT2D eigenvalue weighted by Gasteiger charge is -2.41. The number of nitrogens with zero attached hydrogens (tertiary/aromatic N) is 1. The molecule has 16 heteroatoms. The molecule has 0 N–H and O–H groups in total. The van der Waals surface area contributed by atoms with Crippen LogP contribution in [-0.2, 0) is 66.7 Å². The zero-order valence-corrected chi connectivity index (χ0v) is 33.6. The summed E-state index contributed by atoms with van der Waals surface area (Å²) in [6.07, 6.45) is -0.0268. The predicted molar refractivity (Wildman–Crippen MR) is 194 cm³/mol. The highest BCUT2D eigenvalue weighted by Gasteiger charge is 2.68. The Balaban J connectivity index is 2.60. The van der Waals surface area contributed by atoms with Crippen LogP contribution in [0.5, 0.6) is 0 Å². The molecule has 56 heavy (non-hydrogen) atoms. The van der Waals surface area contributed by atoms with Crippen molar-refractivity contribution in [1.82, 2.24) is 4.98 Å². The second kappa shape index (κ2) is 18.0. The van der Waals surface area contributed by atoms with Crippen molar-refractivity contribution < 1.29 is 71.5 Å². The first-order chi connectivity index (χ1) is 25.9. The predicted octanol–water partition coefficient (Wildman–Crippen LogP) is 3.97. The van der Waals surface area contributed by atoms with Gasteiger partial charge in [-0.25, -0.2) is 4.79 Å². The van der Waals surface area contributed by atoms with Gasteiger partial charge < -0.3 is 33.2 Å². The minimum absolute atomic E-state index is 0.0287. The SMILES string of the molecule is CC(=O)OCC1=C[C@H]2[C@@H](OC(C)=O)[C@](C)(OC(C)=O)C[C@]2(OC(C)=O)C(=O)[C@H](C)/C=C/C(C)(C)[C@H](OC(=O)c2cccnc2)[C@H](OC(C)=O)[C@H]1OC(=O)C(C)C. The van der Waals surface area contributed by atoms with E-state index in [9.17, 15) is 38.4 Å². The van der Waals surface area contributed by atoms with Crippen molar-refractivity contribution in [3.63, 3.8) is 0 Å². The average molecular weight is 786 g/mol. The van der Waals surface area contributed by atoms with Crippen LogP contribution in [0.2, 0.25) is 0 Å². The topological polar surface area (TPSA) is 214 Å². The Labute approximate surface area is 325 Å². The van der Waals surface area contributed by atoms with Gasteiger partial charge in [-0.3, -0.25) is 38.5 Å². The number of carbonyl (C=O) groups is 8. The Morgan fingerprint density at radius 2 is 1.45 bits per heavy atom. The number of hydrogen-bond donors (Lipinski definition) is 0. The Bertz CT molecular complexity index is 1760. The summed E-state index contributed by atoms with van der Waals surface area (Å²) in [6, 6.07) is 2.95. The molecule has 16 nitrogen and oxygen atoms in total. The highest BCUT2D eigenvalue weighted by atomic mass is 16.6. The highest BCUT2D eigenvalue weighted by molar-refractivity contribution is 5.94. The Morgan fingerprint density at radius 3 is 1.96 bits per heavy atom. The minimum Gasteiger partial charge on any atom is -0.461 e. The molecule has 0 unspecified atom stereocenters. The summed E-state index contributed by atoms with van der Waals surface area (Å²) in [5.74, 6) is -10.1. The Hall–Kier alpha value is -5.41. The van der Waals surface area contributed by atoms with Gasteiger partial charge in [0.25, 0.3) is 0 Å². The van der Waals surface area contributed by atoms with Crippen molar-refractivity contribution in [3.05, 3.63) is 53.9 Å². The van der Waals surface area contributed by atoms with E-state index in [4.69, 9.17) is 33.2 Å². The first-order valence-corrected chi connectivity index (χ1v) is 18.1. The van der Waals surface area contributed by atoms with Crippen LogP contribution in [0.1, 0.15) is 92.9 Å². The van der Waals surface area contributed by atoms with Crippen LogP contribution in [0.15, 0.2) is 48.3 Å². The van der Waals surface area contributed by atoms with Gasteiger partial charge in [0.2, 0.25) is 0 Å². The fourth-order valence-corrected chi connectivity index (χ4v) is 7.05. The van der Waals surface area contributed by atoms with Crippen molar-refractivity contribution in [3.8, 4) is 0 Å². The van der Waals surface area contributed by atoms with E-state index in [1.807, 2.05) is 0 Å². The molecule has 3 rings (SSSR count). The zero-order valence-electron chi connectivity index (χ0n) is 33.6. The highest BCUT2D eigenvalue weighted by Crippen LogP contribution is 2.52. The van der Waals surface area contributed by atoms with Crippen molar-refractivity contribution >= 4 is 47.6 Å². The van der Waals surface area contributed by atoms with Crippen molar-refractivity contribution in [2.75, 3.05) is 6.61 Å². The molecular formula is C40H51NO15. The molecule has 8 atom stereocenters. The van der Waals surface area contributed by atoms with Gasteiger partial charge in [0.15, 0.2) is 41.4 Å². The number of aromatic nitrogens is 1. The molecule has 1 fully saturated rings. The van der Waals surface area contributed by atoms with E-state index < -0.39 is 119 Å². The maximum Gasteiger partial charge on any atom is 0.340 e. The zero-order chi connectivity index (χ0) is 42.3. The smallest absolute Gasteiger partial charge is 0.340 e. The second-order valence-electron chi connectivity index (χ2n) is 15.1. The fourth-order valence-electron chi connectivity index (χ4n) is 7.05. The maximum absolute atomic E-state index is 14.9. The van der Waals surface area contributed by atoms with Gasteiger partial charge in [-0.1, -0.05) is 52.8 Å². The van der Waals surface area contributed by atoms with E-state index in [1.54, 1.807) is 13.8 Å². The lowest BCUT2D eigenvalue weighted by atomic mass is 9.75. The minimum atomic E-state index is -2.24. The van der Waals surface area contributed by atoms with Crippen LogP contribution in [0.25, 0.3) is 0 Å². The Morgan fingerprint density at radius 1 is 0.821 bits per heavy atom. The summed E-state index contributed by atoms with van der Waals surface area (Å²) in [6.45, 7) is 14.0. The first-order valence-electron chi connectivity index (χ1n) is 18.1. The molecule has 1 aromatic heterocycles. The standard InChI is InChI=1S/C40H51NO15/c1-21(2)36(48)53-31-29(19-50-23(4)42)17-30-34(52-25(6)44)39(11,55-26(7)45)20-40(30,56-27(8)46)33(47)22(3)14-15-38(9,10)35(32(31)51-24(5)43)54-37(49)28-13-12-16-41-18-28/h12-18,21-22,30-32,34-35H,19-20H2,1-11H3/b15-14+,29-17?/t22-,30+,31+,32-,34-,35-,39-,40-/m1/s1. The summed E-state index contributed by atoms with van der Waals surface area (Å²) < 4.78 is 41.0. The normalized spacial score (nSPS) is 29.1. The lowest BCUT2D eigenvalue weighted by molar-refractivity contribution is -0.181. The Kier molecular flexibility index (Phi) is 14.5. The third kappa shape index (κ3) is 10.7. The van der Waals surface area contributed by atoms with Gasteiger partial charge >= 0.3 is 41.8 Å². The molecule has 1 aromatic rings. The summed E-state index contributed by atoms with van der Waals surface area (Å²) in [5, 5.41) is 0. The van der Waals surface area contributed by atoms with Crippen molar-refractivity contribution in [2.24, 2.45) is 23.2 Å². The molecule has 0 bridgehead atoms. The van der Waals surface area contributed by atoms with E-state index in [2.05, 4.69) is 4.98 Å². The molecule has 0 amide bonds. The molecule has 2 aliphatic carbocycles. The van der Waals surface area contributed by atoms with Crippen molar-refractivity contribution in [2.45, 2.75) is 118 Å². The number of ketones is 1. The number of ether oxygens (including phenoxy) is 7. The van der Waals surface area contributed by atoms with E-state index in [1.165, 1.54) is 70.4 Å². The summed E-state index contributed by atoms with van der Waals surface area (Å²) >= 11 is 0. The third-order valence-corrected chi connectivity index (χ3v) is 9.40. The number of esters is 7. The van der Waals surface area contributed by atoms with E-state index >= 15 is 0 Å². The van der Waals surface area contributed by atoms with Gasteiger partial charge in [0.05, 0.1) is 17.4 Å². The molecule has 0 spiro atoms. The quantitative estimate of drug-likeness (QED) is 0.186. The van der Waals surface area contributed by atoms with Crippen LogP contribution in [-0.4, -0.2) is 94.8 Å². The molecule has 0 aromatic carbocycles. The number of carbonyl (C=O) groups excluding carboxylic acids is 8. The molecular weight excluding hydrogens is 734 g/mol. The molecule has 0 aliphatic heterocycles. The van der Waals surface area contributed by atoms with Gasteiger partial charge in [-0.05, 0) is 19.1 Å². The average Bonchev–Trinajstić information content (AvgIpc) is 3.29. The number of hydrogen-bond acceptors (Lipinski definition) is 16. The van der Waals surface area contributed by atoms with Crippen LogP contribution in [0.3, 0.4) is 0 Å². The molecule has 0 radical (unpaired) electrons. The maximum atomic E-state index is 14.9. The van der Waals surface area contributed by atoms with Gasteiger partial charge in [-0.2, -0.15) is 0 Å². The second-order valence-corrected chi connectivity index (χ2v) is 15.1. The number of pyridine rings is 1. The monoisotopic (exact) mass is 785 g/mol. The largest absolute Gasteiger partial charge is 0.461 e. The van der Waals surface area contributed by atoms with Crippen LogP contribution >= 0.6 is 0 Å². The number of allylic oxidation sites excluding steroid dienone is 1. The summed E-state index contributed by atoms with van der Waals surface area (Å²) in [4.78, 5) is 110. The van der Waals surface area contributed by atoms with Gasteiger partial charge in [-0.15, -0.1) is 0 Å². The number of fused-ring (bicyclic) bond motifs is 1. The molecule has 2 aliphatic rings. The van der Waals surface area contributed by atoms with Crippen LogP contribution in [0, 0.1) is 23.2 Å². The van der Waals surface area contributed by atoms with E-state index in [-0.39, 0.29) is 11.1 Å². The fraction of sp³-hybridized carbons (Fsp3) is 0.575. The van der Waals surface area contributed by atoms with Crippen molar-refractivity contribution in [1.29, 1.82) is 0 Å². The van der Waals surface area contributed by atoms with Crippen LogP contribution < -0.4 is 0 Å². The number of Topliss-reactive ketones (excluding diaryl/α,β-unsaturated/α-hetero) is 1. The number of rotatable bonds is 10. The van der Waals surface area contributed by atoms with Crippen LogP contribution in [0.4, 0.5) is 0 Å². The third-order valence-electron chi connectivity index (χ3n) is 9.40. The first kappa shape index (κ1) is 45.0. The molecule has 1 heterocycles.